The topological polar surface area (TPSA) is 119 Å². The molecule has 0 radical (unpaired) electrons. The number of aromatic hydroxyl groups is 1. The molecule has 0 spiro atoms. The second-order valence-electron chi connectivity index (χ2n) is 9.68. The van der Waals surface area contributed by atoms with Crippen LogP contribution < -0.4 is 14.8 Å². The molecule has 38 heavy (non-hydrogen) atoms. The summed E-state index contributed by atoms with van der Waals surface area (Å²) in [4.78, 5) is 51.8. The number of aryl methyl sites for hydroxylation is 1. The summed E-state index contributed by atoms with van der Waals surface area (Å²) in [7, 11) is 1.35. The first kappa shape index (κ1) is 25.2. The number of Topliss-reactive ketones (excluding diaryl/α,β-unsaturated/α-hetero) is 2. The highest BCUT2D eigenvalue weighted by Crippen LogP contribution is 2.56. The van der Waals surface area contributed by atoms with Crippen molar-refractivity contribution in [3.05, 3.63) is 76.6 Å². The normalized spacial score (nSPS) is 19.9. The molecule has 3 aromatic carbocycles. The van der Waals surface area contributed by atoms with Gasteiger partial charge in [-0.15, -0.1) is 0 Å². The van der Waals surface area contributed by atoms with Crippen molar-refractivity contribution in [3.8, 4) is 17.2 Å². The quantitative estimate of drug-likeness (QED) is 0.479. The largest absolute Gasteiger partial charge is 0.507 e. The molecule has 3 aromatic rings. The smallest absolute Gasteiger partial charge is 0.259 e. The van der Waals surface area contributed by atoms with Gasteiger partial charge >= 0.3 is 0 Å². The van der Waals surface area contributed by atoms with Crippen LogP contribution in [-0.2, 0) is 32.8 Å². The number of phenols is 1. The number of benzene rings is 3. The fourth-order valence-electron chi connectivity index (χ4n) is 5.53. The zero-order valence-electron chi connectivity index (χ0n) is 21.5. The predicted molar refractivity (Wildman–Crippen MR) is 139 cm³/mol. The van der Waals surface area contributed by atoms with Crippen molar-refractivity contribution >= 4 is 34.0 Å². The van der Waals surface area contributed by atoms with E-state index in [0.717, 1.165) is 34.4 Å². The van der Waals surface area contributed by atoms with E-state index in [1.54, 1.807) is 0 Å². The number of allylic oxidation sites excluding steroid dienone is 2. The molecule has 8 nitrogen and oxygen atoms in total. The van der Waals surface area contributed by atoms with E-state index in [1.807, 2.05) is 43.3 Å². The summed E-state index contributed by atoms with van der Waals surface area (Å²) in [5.74, 6) is -4.47. The van der Waals surface area contributed by atoms with Crippen LogP contribution in [0.3, 0.4) is 0 Å². The van der Waals surface area contributed by atoms with Crippen molar-refractivity contribution in [2.45, 2.75) is 39.2 Å². The summed E-state index contributed by atoms with van der Waals surface area (Å²) in [6.45, 7) is 4.91. The minimum Gasteiger partial charge on any atom is -0.507 e. The summed E-state index contributed by atoms with van der Waals surface area (Å²) < 4.78 is 11.3. The Kier molecular flexibility index (Phi) is 6.06. The van der Waals surface area contributed by atoms with Crippen molar-refractivity contribution in [3.63, 3.8) is 0 Å². The van der Waals surface area contributed by atoms with E-state index in [9.17, 15) is 24.3 Å². The first-order valence-corrected chi connectivity index (χ1v) is 12.3. The monoisotopic (exact) mass is 513 g/mol. The number of carbonyl (C=O) groups excluding carboxylic acids is 4. The van der Waals surface area contributed by atoms with Gasteiger partial charge in [0.05, 0.1) is 12.7 Å². The lowest BCUT2D eigenvalue weighted by Gasteiger charge is -2.30. The molecule has 1 heterocycles. The van der Waals surface area contributed by atoms with Crippen LogP contribution in [0.2, 0.25) is 0 Å². The van der Waals surface area contributed by atoms with E-state index in [0.29, 0.717) is 0 Å². The van der Waals surface area contributed by atoms with Gasteiger partial charge in [-0.1, -0.05) is 43.3 Å². The van der Waals surface area contributed by atoms with Crippen molar-refractivity contribution in [2.24, 2.45) is 5.92 Å². The maximum absolute atomic E-state index is 13.7. The Morgan fingerprint density at radius 2 is 1.89 bits per heavy atom. The van der Waals surface area contributed by atoms with Gasteiger partial charge in [-0.25, -0.2) is 0 Å². The third-order valence-electron chi connectivity index (χ3n) is 7.54. The molecule has 5 rings (SSSR count). The fraction of sp³-hybridized carbons (Fsp3) is 0.267. The highest BCUT2D eigenvalue weighted by molar-refractivity contribution is 6.27. The number of carbonyl (C=O) groups is 4. The second-order valence-corrected chi connectivity index (χ2v) is 9.68. The molecule has 1 unspecified atom stereocenters. The minimum atomic E-state index is -1.62. The number of ketones is 3. The van der Waals surface area contributed by atoms with Gasteiger partial charge in [-0.3, -0.25) is 19.2 Å². The zero-order chi connectivity index (χ0) is 27.4. The number of rotatable bonds is 6. The molecule has 0 saturated carbocycles. The Hall–Kier alpha value is -4.46. The SMILES string of the molecule is CCc1ccc2ccccc2c1CNC(=O)c1c(OC)cc(O)c2c1OC1=CC(=O)C(C(C)=O)C(=O)[C@]12C. The summed E-state index contributed by atoms with van der Waals surface area (Å²) in [6, 6.07) is 13.2. The number of ether oxygens (including phenoxy) is 2. The van der Waals surface area contributed by atoms with Gasteiger partial charge in [0.2, 0.25) is 0 Å². The van der Waals surface area contributed by atoms with Gasteiger partial charge in [-0.05, 0) is 42.2 Å². The van der Waals surface area contributed by atoms with Gasteiger partial charge in [0.15, 0.2) is 17.3 Å². The molecule has 0 aromatic heterocycles. The molecule has 1 aliphatic heterocycles. The fourth-order valence-corrected chi connectivity index (χ4v) is 5.53. The van der Waals surface area contributed by atoms with Crippen LogP contribution in [-0.4, -0.2) is 35.5 Å². The number of methoxy groups -OCH3 is 1. The predicted octanol–water partition coefficient (Wildman–Crippen LogP) is 3.94. The molecule has 1 amide bonds. The Morgan fingerprint density at radius 1 is 1.16 bits per heavy atom. The van der Waals surface area contributed by atoms with E-state index >= 15 is 0 Å². The molecule has 2 atom stereocenters. The van der Waals surface area contributed by atoms with E-state index in [2.05, 4.69) is 5.32 Å². The highest BCUT2D eigenvalue weighted by atomic mass is 16.5. The van der Waals surface area contributed by atoms with Crippen LogP contribution >= 0.6 is 0 Å². The van der Waals surface area contributed by atoms with Crippen LogP contribution in [0.15, 0.2) is 54.3 Å². The Labute approximate surface area is 219 Å². The van der Waals surface area contributed by atoms with E-state index in [-0.39, 0.29) is 40.7 Å². The number of amides is 1. The van der Waals surface area contributed by atoms with Gasteiger partial charge < -0.3 is 19.9 Å². The average Bonchev–Trinajstić information content (AvgIpc) is 3.20. The lowest BCUT2D eigenvalue weighted by molar-refractivity contribution is -0.140. The molecule has 1 aliphatic carbocycles. The lowest BCUT2D eigenvalue weighted by atomic mass is 9.67. The molecule has 0 fully saturated rings. The first-order chi connectivity index (χ1) is 18.1. The molecule has 0 saturated heterocycles. The third-order valence-corrected chi connectivity index (χ3v) is 7.54. The summed E-state index contributed by atoms with van der Waals surface area (Å²) in [6.07, 6.45) is 1.88. The highest BCUT2D eigenvalue weighted by Gasteiger charge is 2.58. The lowest BCUT2D eigenvalue weighted by Crippen LogP contribution is -2.47. The van der Waals surface area contributed by atoms with Crippen molar-refractivity contribution in [1.82, 2.24) is 5.32 Å². The van der Waals surface area contributed by atoms with Crippen LogP contribution in [0, 0.1) is 5.92 Å². The second kappa shape index (κ2) is 9.13. The van der Waals surface area contributed by atoms with Gasteiger partial charge in [0.25, 0.3) is 5.91 Å². The molecule has 2 N–H and O–H groups in total. The summed E-state index contributed by atoms with van der Waals surface area (Å²) in [5.41, 5.74) is 0.456. The van der Waals surface area contributed by atoms with Crippen molar-refractivity contribution in [1.29, 1.82) is 0 Å². The third kappa shape index (κ3) is 3.59. The van der Waals surface area contributed by atoms with Gasteiger partial charge in [0.1, 0.15) is 39.9 Å². The maximum atomic E-state index is 13.7. The molecule has 8 heteroatoms. The Morgan fingerprint density at radius 3 is 2.58 bits per heavy atom. The minimum absolute atomic E-state index is 0.0188. The van der Waals surface area contributed by atoms with Crippen LogP contribution in [0.4, 0.5) is 0 Å². The average molecular weight is 514 g/mol. The number of fused-ring (bicyclic) bond motifs is 4. The zero-order valence-corrected chi connectivity index (χ0v) is 21.5. The molecular formula is C30H27NO7. The number of nitrogens with one attached hydrogen (secondary N) is 1. The van der Waals surface area contributed by atoms with Crippen LogP contribution in [0.5, 0.6) is 17.2 Å². The van der Waals surface area contributed by atoms with Gasteiger partial charge in [-0.2, -0.15) is 0 Å². The van der Waals surface area contributed by atoms with E-state index < -0.39 is 34.6 Å². The summed E-state index contributed by atoms with van der Waals surface area (Å²) in [5, 5.41) is 15.9. The molecule has 2 aliphatic rings. The van der Waals surface area contributed by atoms with Crippen molar-refractivity contribution in [2.75, 3.05) is 7.11 Å². The van der Waals surface area contributed by atoms with E-state index in [4.69, 9.17) is 9.47 Å². The van der Waals surface area contributed by atoms with Gasteiger partial charge in [0, 0.05) is 18.7 Å². The van der Waals surface area contributed by atoms with E-state index in [1.165, 1.54) is 27.0 Å². The molecular weight excluding hydrogens is 486 g/mol. The molecule has 0 bridgehead atoms. The summed E-state index contributed by atoms with van der Waals surface area (Å²) >= 11 is 0. The van der Waals surface area contributed by atoms with Crippen LogP contribution in [0.25, 0.3) is 10.8 Å². The Bertz CT molecular complexity index is 1590. The first-order valence-electron chi connectivity index (χ1n) is 12.3. The Balaban J connectivity index is 1.59. The standard InChI is InChI=1S/C30H27NO7/c1-5-16-10-11-17-8-6-7-9-18(17)19(16)14-31-29(36)25-22(37-4)12-21(34)26-27(25)38-23-13-20(33)24(15(2)32)28(35)30(23,26)3/h6-13,24,34H,5,14H2,1-4H3,(H,31,36)/t24?,30-/m1/s1. The number of hydrogen-bond acceptors (Lipinski definition) is 7. The van der Waals surface area contributed by atoms with Crippen molar-refractivity contribution < 1.29 is 33.8 Å². The molecule has 194 valence electrons. The van der Waals surface area contributed by atoms with Crippen LogP contribution in [0.1, 0.15) is 47.8 Å². The number of phenolic OH excluding ortho intramolecular Hbond substituents is 1. The maximum Gasteiger partial charge on any atom is 0.259 e. The number of hydrogen-bond donors (Lipinski definition) is 2.